The van der Waals surface area contributed by atoms with Gasteiger partial charge in [0.15, 0.2) is 0 Å². The SMILES string of the molecule is COC(=O)[C@H](N)CO.O=C(O)C(F)(F)F. The number of aliphatic hydroxyl groups excluding tert-OH is 1. The summed E-state index contributed by atoms with van der Waals surface area (Å²) in [5, 5.41) is 15.3. The van der Waals surface area contributed by atoms with E-state index in [0.29, 0.717) is 0 Å². The van der Waals surface area contributed by atoms with Gasteiger partial charge >= 0.3 is 18.1 Å². The molecule has 0 bridgehead atoms. The van der Waals surface area contributed by atoms with Crippen LogP contribution in [0.3, 0.4) is 0 Å². The molecule has 0 aliphatic heterocycles. The summed E-state index contributed by atoms with van der Waals surface area (Å²) in [6.07, 6.45) is -5.08. The minimum absolute atomic E-state index is 0.368. The number of carbonyl (C=O) groups excluding carboxylic acids is 1. The van der Waals surface area contributed by atoms with E-state index in [0.717, 1.165) is 0 Å². The van der Waals surface area contributed by atoms with Crippen molar-refractivity contribution >= 4 is 11.9 Å². The average molecular weight is 233 g/mol. The molecule has 0 aromatic carbocycles. The van der Waals surface area contributed by atoms with Crippen molar-refractivity contribution in [1.82, 2.24) is 0 Å². The molecule has 0 saturated carbocycles. The summed E-state index contributed by atoms with van der Waals surface area (Å²) in [7, 11) is 1.22. The Labute approximate surface area is 82.4 Å². The van der Waals surface area contributed by atoms with Crippen LogP contribution in [-0.2, 0) is 14.3 Å². The Kier molecular flexibility index (Phi) is 7.52. The lowest BCUT2D eigenvalue weighted by molar-refractivity contribution is -0.192. The van der Waals surface area contributed by atoms with Crippen molar-refractivity contribution < 1.29 is 37.7 Å². The van der Waals surface area contributed by atoms with Crippen LogP contribution in [0.2, 0.25) is 0 Å². The maximum Gasteiger partial charge on any atom is 0.490 e. The molecule has 0 rings (SSSR count). The highest BCUT2D eigenvalue weighted by molar-refractivity contribution is 5.75. The first-order chi connectivity index (χ1) is 6.66. The summed E-state index contributed by atoms with van der Waals surface area (Å²) in [6.45, 7) is -0.368. The molecule has 4 N–H and O–H groups in total. The second kappa shape index (κ2) is 7.01. The van der Waals surface area contributed by atoms with Gasteiger partial charge in [0.1, 0.15) is 6.04 Å². The Balaban J connectivity index is 0. The van der Waals surface area contributed by atoms with Gasteiger partial charge in [-0.25, -0.2) is 4.79 Å². The molecule has 0 saturated heterocycles. The molecule has 0 spiro atoms. The molecule has 0 aromatic rings. The first kappa shape index (κ1) is 16.1. The lowest BCUT2D eigenvalue weighted by Gasteiger charge is -2.02. The normalized spacial score (nSPS) is 12.1. The third-order valence-corrected chi connectivity index (χ3v) is 0.943. The zero-order valence-corrected chi connectivity index (χ0v) is 7.61. The summed E-state index contributed by atoms with van der Waals surface area (Å²) in [5.74, 6) is -3.35. The van der Waals surface area contributed by atoms with E-state index in [2.05, 4.69) is 4.74 Å². The predicted octanol–water partition coefficient (Wildman–Crippen LogP) is -0.888. The molecule has 0 unspecified atom stereocenters. The number of ether oxygens (including phenoxy) is 1. The molecule has 9 heteroatoms. The van der Waals surface area contributed by atoms with Crippen molar-refractivity contribution in [2.45, 2.75) is 12.2 Å². The largest absolute Gasteiger partial charge is 0.490 e. The van der Waals surface area contributed by atoms with Crippen molar-refractivity contribution in [2.24, 2.45) is 5.73 Å². The zero-order chi connectivity index (χ0) is 12.6. The van der Waals surface area contributed by atoms with Crippen LogP contribution in [0.15, 0.2) is 0 Å². The molecule has 90 valence electrons. The van der Waals surface area contributed by atoms with E-state index in [1.807, 2.05) is 0 Å². The summed E-state index contributed by atoms with van der Waals surface area (Å²) in [4.78, 5) is 19.1. The third kappa shape index (κ3) is 8.97. The monoisotopic (exact) mass is 233 g/mol. The van der Waals surface area contributed by atoms with Gasteiger partial charge in [-0.1, -0.05) is 0 Å². The van der Waals surface area contributed by atoms with Crippen LogP contribution in [0.5, 0.6) is 0 Å². The topological polar surface area (TPSA) is 110 Å². The molecular weight excluding hydrogens is 223 g/mol. The van der Waals surface area contributed by atoms with Gasteiger partial charge in [-0.2, -0.15) is 13.2 Å². The first-order valence-electron chi connectivity index (χ1n) is 3.41. The molecule has 0 aromatic heterocycles. The van der Waals surface area contributed by atoms with E-state index in [1.54, 1.807) is 0 Å². The Morgan fingerprint density at radius 3 is 1.87 bits per heavy atom. The van der Waals surface area contributed by atoms with Crippen LogP contribution in [0.1, 0.15) is 0 Å². The fraction of sp³-hybridized carbons (Fsp3) is 0.667. The number of halogens is 3. The number of rotatable bonds is 2. The van der Waals surface area contributed by atoms with Gasteiger partial charge in [0.05, 0.1) is 13.7 Å². The molecule has 0 aliphatic rings. The highest BCUT2D eigenvalue weighted by atomic mass is 19.4. The van der Waals surface area contributed by atoms with Gasteiger partial charge in [-0.3, -0.25) is 4.79 Å². The van der Waals surface area contributed by atoms with E-state index >= 15 is 0 Å². The fourth-order valence-corrected chi connectivity index (χ4v) is 0.226. The van der Waals surface area contributed by atoms with Crippen LogP contribution in [0.4, 0.5) is 13.2 Å². The molecule has 0 fully saturated rings. The number of carboxylic acid groups (broad SMARTS) is 1. The number of hydrogen-bond donors (Lipinski definition) is 3. The van der Waals surface area contributed by atoms with Crippen molar-refractivity contribution in [3.63, 3.8) is 0 Å². The average Bonchev–Trinajstić information content (AvgIpc) is 2.14. The van der Waals surface area contributed by atoms with Gasteiger partial charge in [0.25, 0.3) is 0 Å². The van der Waals surface area contributed by atoms with E-state index in [1.165, 1.54) is 7.11 Å². The number of alkyl halides is 3. The fourth-order valence-electron chi connectivity index (χ4n) is 0.226. The quantitative estimate of drug-likeness (QED) is 0.534. The number of aliphatic hydroxyl groups is 1. The summed E-state index contributed by atoms with van der Waals surface area (Å²) < 4.78 is 35.9. The summed E-state index contributed by atoms with van der Waals surface area (Å²) in [5.41, 5.74) is 5.00. The number of methoxy groups -OCH3 is 1. The molecule has 0 radical (unpaired) electrons. The zero-order valence-electron chi connectivity index (χ0n) is 7.61. The van der Waals surface area contributed by atoms with Gasteiger partial charge in [0.2, 0.25) is 0 Å². The van der Waals surface area contributed by atoms with E-state index in [9.17, 15) is 18.0 Å². The second-order valence-corrected chi connectivity index (χ2v) is 2.12. The Hall–Kier alpha value is -1.35. The van der Waals surface area contributed by atoms with Crippen LogP contribution < -0.4 is 5.73 Å². The van der Waals surface area contributed by atoms with Crippen molar-refractivity contribution in [3.05, 3.63) is 0 Å². The highest BCUT2D eigenvalue weighted by Gasteiger charge is 2.38. The second-order valence-electron chi connectivity index (χ2n) is 2.12. The number of esters is 1. The maximum atomic E-state index is 10.6. The van der Waals surface area contributed by atoms with E-state index < -0.39 is 24.2 Å². The summed E-state index contributed by atoms with van der Waals surface area (Å²) in [6, 6.07) is -0.889. The third-order valence-electron chi connectivity index (χ3n) is 0.943. The first-order valence-corrected chi connectivity index (χ1v) is 3.41. The molecule has 6 nitrogen and oxygen atoms in total. The minimum atomic E-state index is -5.08. The predicted molar refractivity (Wildman–Crippen MR) is 40.8 cm³/mol. The maximum absolute atomic E-state index is 10.6. The molecule has 0 amide bonds. The molecule has 15 heavy (non-hydrogen) atoms. The van der Waals surface area contributed by atoms with Gasteiger partial charge in [-0.15, -0.1) is 0 Å². The number of aliphatic carboxylic acids is 1. The van der Waals surface area contributed by atoms with Crippen LogP contribution >= 0.6 is 0 Å². The van der Waals surface area contributed by atoms with Crippen molar-refractivity contribution in [3.8, 4) is 0 Å². The van der Waals surface area contributed by atoms with Crippen LogP contribution in [-0.4, -0.2) is 48.1 Å². The van der Waals surface area contributed by atoms with Crippen LogP contribution in [0.25, 0.3) is 0 Å². The molecule has 0 aliphatic carbocycles. The van der Waals surface area contributed by atoms with Crippen molar-refractivity contribution in [2.75, 3.05) is 13.7 Å². The molecular formula is C6H10F3NO5. The van der Waals surface area contributed by atoms with Crippen LogP contribution in [0, 0.1) is 0 Å². The van der Waals surface area contributed by atoms with Crippen molar-refractivity contribution in [1.29, 1.82) is 0 Å². The van der Waals surface area contributed by atoms with E-state index in [4.69, 9.17) is 20.7 Å². The number of nitrogens with two attached hydrogens (primary N) is 1. The van der Waals surface area contributed by atoms with E-state index in [-0.39, 0.29) is 6.61 Å². The van der Waals surface area contributed by atoms with Gasteiger partial charge in [-0.05, 0) is 0 Å². The Bertz CT molecular complexity index is 217. The standard InChI is InChI=1S/C4H9NO3.C2HF3O2/c1-8-4(7)3(5)2-6;3-2(4,5)1(6)7/h3,6H,2,5H2,1H3;(H,6,7)/t3-;/m1./s1. The highest BCUT2D eigenvalue weighted by Crippen LogP contribution is 2.13. The Morgan fingerprint density at radius 1 is 1.47 bits per heavy atom. The van der Waals surface area contributed by atoms with Gasteiger partial charge in [0, 0.05) is 0 Å². The molecule has 0 heterocycles. The number of carboxylic acids is 1. The summed E-state index contributed by atoms with van der Waals surface area (Å²) >= 11 is 0. The lowest BCUT2D eigenvalue weighted by atomic mass is 10.3. The lowest BCUT2D eigenvalue weighted by Crippen LogP contribution is -2.34. The number of carbonyl (C=O) groups is 2. The van der Waals surface area contributed by atoms with Gasteiger partial charge < -0.3 is 20.7 Å². The molecule has 1 atom stereocenters. The number of hydrogen-bond acceptors (Lipinski definition) is 5. The Morgan fingerprint density at radius 2 is 1.80 bits per heavy atom. The smallest absolute Gasteiger partial charge is 0.475 e. The minimum Gasteiger partial charge on any atom is -0.475 e.